The molecule has 0 saturated carbocycles. The summed E-state index contributed by atoms with van der Waals surface area (Å²) in [7, 11) is 0. The Balaban J connectivity index is 1.84. The van der Waals surface area contributed by atoms with Crippen molar-refractivity contribution in [3.8, 4) is 0 Å². The highest BCUT2D eigenvalue weighted by Crippen LogP contribution is 2.12. The maximum absolute atomic E-state index is 12.0. The minimum absolute atomic E-state index is 0.0318. The molecule has 2 aromatic rings. The standard InChI is InChI=1S/C17H19BrN2O/c1-12(10-13-2-6-15(18)7-3-13)20-17(21)11-14-4-8-16(19)9-5-14/h2-9,12H,10-11,19H2,1H3,(H,20,21). The summed E-state index contributed by atoms with van der Waals surface area (Å²) in [5.41, 5.74) is 8.52. The highest BCUT2D eigenvalue weighted by atomic mass is 79.9. The first kappa shape index (κ1) is 15.6. The fraction of sp³-hybridized carbons (Fsp3) is 0.235. The van der Waals surface area contributed by atoms with E-state index in [4.69, 9.17) is 5.73 Å². The lowest BCUT2D eigenvalue weighted by molar-refractivity contribution is -0.121. The van der Waals surface area contributed by atoms with Crippen LogP contribution in [0.5, 0.6) is 0 Å². The van der Waals surface area contributed by atoms with Gasteiger partial charge in [0.1, 0.15) is 0 Å². The van der Waals surface area contributed by atoms with E-state index < -0.39 is 0 Å². The number of halogens is 1. The van der Waals surface area contributed by atoms with Crippen LogP contribution < -0.4 is 11.1 Å². The maximum Gasteiger partial charge on any atom is 0.224 e. The normalized spacial score (nSPS) is 11.9. The predicted molar refractivity (Wildman–Crippen MR) is 90.0 cm³/mol. The maximum atomic E-state index is 12.0. The van der Waals surface area contributed by atoms with Crippen molar-refractivity contribution >= 4 is 27.5 Å². The van der Waals surface area contributed by atoms with E-state index in [0.29, 0.717) is 12.1 Å². The Hall–Kier alpha value is -1.81. The van der Waals surface area contributed by atoms with Gasteiger partial charge in [-0.05, 0) is 48.7 Å². The summed E-state index contributed by atoms with van der Waals surface area (Å²) in [6.45, 7) is 2.02. The lowest BCUT2D eigenvalue weighted by Crippen LogP contribution is -2.35. The number of nitrogens with two attached hydrogens (primary N) is 1. The summed E-state index contributed by atoms with van der Waals surface area (Å²) < 4.78 is 1.06. The predicted octanol–water partition coefficient (Wildman–Crippen LogP) is 3.32. The van der Waals surface area contributed by atoms with E-state index in [9.17, 15) is 4.79 Å². The number of carbonyl (C=O) groups excluding carboxylic acids is 1. The van der Waals surface area contributed by atoms with Gasteiger partial charge in [-0.3, -0.25) is 4.79 Å². The molecule has 0 spiro atoms. The van der Waals surface area contributed by atoms with Gasteiger partial charge in [0.15, 0.2) is 0 Å². The van der Waals surface area contributed by atoms with Crippen molar-refractivity contribution in [2.45, 2.75) is 25.8 Å². The number of rotatable bonds is 5. The van der Waals surface area contributed by atoms with Gasteiger partial charge in [-0.2, -0.15) is 0 Å². The van der Waals surface area contributed by atoms with Crippen LogP contribution in [-0.2, 0) is 17.6 Å². The first-order valence-electron chi connectivity index (χ1n) is 6.91. The van der Waals surface area contributed by atoms with E-state index in [0.717, 1.165) is 16.5 Å². The van der Waals surface area contributed by atoms with Crippen LogP contribution in [0.25, 0.3) is 0 Å². The third-order valence-corrected chi connectivity index (χ3v) is 3.74. The third kappa shape index (κ3) is 5.23. The molecule has 3 N–H and O–H groups in total. The van der Waals surface area contributed by atoms with Gasteiger partial charge in [0.2, 0.25) is 5.91 Å². The highest BCUT2D eigenvalue weighted by Gasteiger charge is 2.09. The van der Waals surface area contributed by atoms with Gasteiger partial charge in [-0.1, -0.05) is 40.2 Å². The quantitative estimate of drug-likeness (QED) is 0.816. The molecule has 4 heteroatoms. The average Bonchev–Trinajstić information content (AvgIpc) is 2.44. The molecule has 0 aromatic heterocycles. The molecule has 0 aliphatic rings. The minimum atomic E-state index is 0.0318. The van der Waals surface area contributed by atoms with Gasteiger partial charge in [0.05, 0.1) is 6.42 Å². The number of hydrogen-bond donors (Lipinski definition) is 2. The van der Waals surface area contributed by atoms with Crippen molar-refractivity contribution in [2.24, 2.45) is 0 Å². The van der Waals surface area contributed by atoms with Gasteiger partial charge in [0.25, 0.3) is 0 Å². The number of anilines is 1. The molecule has 0 heterocycles. The van der Waals surface area contributed by atoms with E-state index in [1.54, 1.807) is 0 Å². The van der Waals surface area contributed by atoms with E-state index in [2.05, 4.69) is 33.4 Å². The largest absolute Gasteiger partial charge is 0.399 e. The van der Waals surface area contributed by atoms with E-state index in [1.807, 2.05) is 43.3 Å². The SMILES string of the molecule is CC(Cc1ccc(Br)cc1)NC(=O)Cc1ccc(N)cc1. The number of nitrogens with one attached hydrogen (secondary N) is 1. The molecule has 1 unspecified atom stereocenters. The van der Waals surface area contributed by atoms with Crippen molar-refractivity contribution in [2.75, 3.05) is 5.73 Å². The van der Waals surface area contributed by atoms with Crippen molar-refractivity contribution in [1.82, 2.24) is 5.32 Å². The molecule has 0 radical (unpaired) electrons. The second-order valence-corrected chi connectivity index (χ2v) is 6.13. The number of benzene rings is 2. The Morgan fingerprint density at radius 2 is 1.67 bits per heavy atom. The molecule has 21 heavy (non-hydrogen) atoms. The lowest BCUT2D eigenvalue weighted by Gasteiger charge is -2.14. The van der Waals surface area contributed by atoms with Crippen molar-refractivity contribution < 1.29 is 4.79 Å². The molecular formula is C17H19BrN2O. The Morgan fingerprint density at radius 1 is 1.10 bits per heavy atom. The number of nitrogen functional groups attached to an aromatic ring is 1. The van der Waals surface area contributed by atoms with Gasteiger partial charge in [-0.15, -0.1) is 0 Å². The summed E-state index contributed by atoms with van der Waals surface area (Å²) in [4.78, 5) is 12.0. The molecule has 0 bridgehead atoms. The second-order valence-electron chi connectivity index (χ2n) is 5.22. The molecule has 0 saturated heterocycles. The fourth-order valence-electron chi connectivity index (χ4n) is 2.17. The van der Waals surface area contributed by atoms with Gasteiger partial charge >= 0.3 is 0 Å². The Labute approximate surface area is 133 Å². The Kier molecular flexibility index (Phi) is 5.39. The van der Waals surface area contributed by atoms with Crippen molar-refractivity contribution in [1.29, 1.82) is 0 Å². The molecule has 0 fully saturated rings. The second kappa shape index (κ2) is 7.27. The van der Waals surface area contributed by atoms with Crippen LogP contribution in [0.1, 0.15) is 18.1 Å². The van der Waals surface area contributed by atoms with Gasteiger partial charge < -0.3 is 11.1 Å². The van der Waals surface area contributed by atoms with E-state index >= 15 is 0 Å². The van der Waals surface area contributed by atoms with Crippen LogP contribution in [0.2, 0.25) is 0 Å². The molecule has 1 atom stereocenters. The molecule has 2 rings (SSSR count). The lowest BCUT2D eigenvalue weighted by atomic mass is 10.1. The summed E-state index contributed by atoms with van der Waals surface area (Å²) in [6, 6.07) is 15.6. The van der Waals surface area contributed by atoms with Gasteiger partial charge in [-0.25, -0.2) is 0 Å². The first-order chi connectivity index (χ1) is 10.0. The number of amides is 1. The van der Waals surface area contributed by atoms with Crippen LogP contribution in [-0.4, -0.2) is 11.9 Å². The van der Waals surface area contributed by atoms with Crippen molar-refractivity contribution in [3.63, 3.8) is 0 Å². The monoisotopic (exact) mass is 346 g/mol. The fourth-order valence-corrected chi connectivity index (χ4v) is 2.44. The zero-order chi connectivity index (χ0) is 15.2. The van der Waals surface area contributed by atoms with Crippen LogP contribution >= 0.6 is 15.9 Å². The van der Waals surface area contributed by atoms with Crippen molar-refractivity contribution in [3.05, 3.63) is 64.1 Å². The summed E-state index contributed by atoms with van der Waals surface area (Å²) in [6.07, 6.45) is 1.20. The van der Waals surface area contributed by atoms with E-state index in [1.165, 1.54) is 5.56 Å². The van der Waals surface area contributed by atoms with Crippen LogP contribution in [0.4, 0.5) is 5.69 Å². The first-order valence-corrected chi connectivity index (χ1v) is 7.70. The third-order valence-electron chi connectivity index (χ3n) is 3.21. The molecule has 2 aromatic carbocycles. The number of hydrogen-bond acceptors (Lipinski definition) is 2. The van der Waals surface area contributed by atoms with Crippen LogP contribution in [0.15, 0.2) is 53.0 Å². The molecule has 1 amide bonds. The topological polar surface area (TPSA) is 55.1 Å². The summed E-state index contributed by atoms with van der Waals surface area (Å²) >= 11 is 3.42. The average molecular weight is 347 g/mol. The zero-order valence-corrected chi connectivity index (χ0v) is 13.6. The highest BCUT2D eigenvalue weighted by molar-refractivity contribution is 9.10. The summed E-state index contributed by atoms with van der Waals surface area (Å²) in [5.74, 6) is 0.0318. The van der Waals surface area contributed by atoms with Gasteiger partial charge in [0, 0.05) is 16.2 Å². The molecule has 0 aliphatic carbocycles. The minimum Gasteiger partial charge on any atom is -0.399 e. The molecular weight excluding hydrogens is 328 g/mol. The molecule has 0 aliphatic heterocycles. The van der Waals surface area contributed by atoms with Crippen LogP contribution in [0.3, 0.4) is 0 Å². The molecule has 110 valence electrons. The number of carbonyl (C=O) groups is 1. The van der Waals surface area contributed by atoms with E-state index in [-0.39, 0.29) is 11.9 Å². The zero-order valence-electron chi connectivity index (χ0n) is 12.0. The Bertz CT molecular complexity index is 593. The van der Waals surface area contributed by atoms with Crippen LogP contribution in [0, 0.1) is 0 Å². The smallest absolute Gasteiger partial charge is 0.224 e. The Morgan fingerprint density at radius 3 is 2.29 bits per heavy atom. The summed E-state index contributed by atoms with van der Waals surface area (Å²) in [5, 5.41) is 3.02. The molecule has 3 nitrogen and oxygen atoms in total.